The summed E-state index contributed by atoms with van der Waals surface area (Å²) in [5.41, 5.74) is 3.47. The number of primary amides is 1. The number of rotatable bonds is 4. The number of urea groups is 1. The summed E-state index contributed by atoms with van der Waals surface area (Å²) in [6.07, 6.45) is 1.63. The lowest BCUT2D eigenvalue weighted by atomic mass is 10.0. The van der Waals surface area contributed by atoms with Crippen molar-refractivity contribution in [3.05, 3.63) is 48.0 Å². The summed E-state index contributed by atoms with van der Waals surface area (Å²) in [5, 5.41) is 16.5. The highest BCUT2D eigenvalue weighted by Gasteiger charge is 2.46. The minimum atomic E-state index is -1.67. The number of nitrogens with one attached hydrogen (secondary N) is 2. The van der Waals surface area contributed by atoms with Gasteiger partial charge in [0.15, 0.2) is 17.4 Å². The minimum Gasteiger partial charge on any atom is -0.497 e. The molecule has 0 spiro atoms. The Labute approximate surface area is 169 Å². The molecule has 0 aliphatic carbocycles. The van der Waals surface area contributed by atoms with Crippen molar-refractivity contribution in [2.24, 2.45) is 5.73 Å². The third-order valence-electron chi connectivity index (χ3n) is 4.67. The Hall–Kier alpha value is -4.39. The highest BCUT2D eigenvalue weighted by atomic mass is 16.5. The van der Waals surface area contributed by atoms with E-state index < -0.39 is 23.4 Å². The van der Waals surface area contributed by atoms with E-state index in [0.29, 0.717) is 16.5 Å². The predicted molar refractivity (Wildman–Crippen MR) is 104 cm³/mol. The quantitative estimate of drug-likeness (QED) is 0.368. The maximum Gasteiger partial charge on any atom is 0.323 e. The van der Waals surface area contributed by atoms with Crippen molar-refractivity contribution < 1.29 is 28.6 Å². The van der Waals surface area contributed by atoms with Crippen LogP contribution in [0, 0.1) is 11.8 Å². The first-order chi connectivity index (χ1) is 14.3. The summed E-state index contributed by atoms with van der Waals surface area (Å²) < 4.78 is 11.8. The number of fused-ring (bicyclic) bond motifs is 1. The minimum absolute atomic E-state index is 0.0866. The smallest absolute Gasteiger partial charge is 0.323 e. The first-order valence-corrected chi connectivity index (χ1v) is 8.73. The molecule has 0 unspecified atom stereocenters. The average Bonchev–Trinajstić information content (AvgIpc) is 3.38. The van der Waals surface area contributed by atoms with Crippen LogP contribution in [0.25, 0.3) is 10.8 Å². The van der Waals surface area contributed by atoms with E-state index in [2.05, 4.69) is 22.5 Å². The van der Waals surface area contributed by atoms with Crippen molar-refractivity contribution in [1.29, 1.82) is 0 Å². The molecule has 1 aromatic carbocycles. The van der Waals surface area contributed by atoms with Gasteiger partial charge in [-0.25, -0.2) is 4.79 Å². The van der Waals surface area contributed by atoms with Crippen molar-refractivity contribution in [2.45, 2.75) is 12.1 Å². The monoisotopic (exact) mass is 408 g/mol. The van der Waals surface area contributed by atoms with Gasteiger partial charge >= 0.3 is 6.03 Å². The number of hydrogen-bond acceptors (Lipinski definition) is 6. The molecular weight excluding hydrogens is 392 g/mol. The fourth-order valence-electron chi connectivity index (χ4n) is 3.16. The maximum atomic E-state index is 12.6. The molecule has 5 N–H and O–H groups in total. The van der Waals surface area contributed by atoms with Gasteiger partial charge in [0.25, 0.3) is 11.8 Å². The van der Waals surface area contributed by atoms with E-state index in [1.807, 2.05) is 0 Å². The average molecular weight is 408 g/mol. The Bertz CT molecular complexity index is 1260. The van der Waals surface area contributed by atoms with Gasteiger partial charge in [0.2, 0.25) is 5.54 Å². The van der Waals surface area contributed by atoms with Crippen LogP contribution in [-0.4, -0.2) is 40.2 Å². The van der Waals surface area contributed by atoms with Gasteiger partial charge in [-0.2, -0.15) is 0 Å². The second-order valence-electron chi connectivity index (χ2n) is 6.63. The number of hydrogen-bond donors (Lipinski definition) is 4. The Balaban J connectivity index is 1.74. The Morgan fingerprint density at radius 1 is 1.33 bits per heavy atom. The van der Waals surface area contributed by atoms with Gasteiger partial charge < -0.3 is 29.9 Å². The highest BCUT2D eigenvalue weighted by Crippen LogP contribution is 2.32. The van der Waals surface area contributed by atoms with Crippen LogP contribution in [0.15, 0.2) is 40.9 Å². The van der Waals surface area contributed by atoms with Gasteiger partial charge in [0, 0.05) is 17.0 Å². The molecule has 1 aliphatic heterocycles. The van der Waals surface area contributed by atoms with Crippen molar-refractivity contribution >= 4 is 28.6 Å². The lowest BCUT2D eigenvalue weighted by Gasteiger charge is -2.20. The molecule has 4 amide bonds. The summed E-state index contributed by atoms with van der Waals surface area (Å²) in [6.45, 7) is -0.177. The van der Waals surface area contributed by atoms with Crippen LogP contribution in [-0.2, 0) is 11.3 Å². The Morgan fingerprint density at radius 2 is 2.13 bits per heavy atom. The van der Waals surface area contributed by atoms with E-state index in [1.165, 1.54) is 23.8 Å². The van der Waals surface area contributed by atoms with Crippen LogP contribution in [0.5, 0.6) is 11.6 Å². The van der Waals surface area contributed by atoms with Crippen LogP contribution in [0.3, 0.4) is 0 Å². The molecule has 2 aromatic heterocycles. The first-order valence-electron chi connectivity index (χ1n) is 8.73. The zero-order valence-electron chi connectivity index (χ0n) is 15.7. The second-order valence-corrected chi connectivity index (χ2v) is 6.63. The van der Waals surface area contributed by atoms with Crippen molar-refractivity contribution in [1.82, 2.24) is 15.2 Å². The highest BCUT2D eigenvalue weighted by molar-refractivity contribution is 6.09. The van der Waals surface area contributed by atoms with E-state index in [-0.39, 0.29) is 23.9 Å². The molecule has 0 radical (unpaired) electrons. The molecule has 3 aromatic rings. The molecule has 4 rings (SSSR count). The second kappa shape index (κ2) is 6.89. The molecule has 1 atom stereocenters. The SMILES string of the molecule is COc1ccc2cn(C[C@@]3(C#Cc4ccc(C(N)=O)o4)NC(=O)NC3=O)c(O)c2c1. The molecule has 1 fully saturated rings. The van der Waals surface area contributed by atoms with Crippen molar-refractivity contribution in [3.63, 3.8) is 0 Å². The molecule has 0 bridgehead atoms. The number of furan rings is 1. The van der Waals surface area contributed by atoms with Crippen LogP contribution in [0.4, 0.5) is 4.79 Å². The van der Waals surface area contributed by atoms with E-state index in [1.54, 1.807) is 24.4 Å². The Morgan fingerprint density at radius 3 is 2.77 bits per heavy atom. The normalized spacial score (nSPS) is 17.9. The molecule has 152 valence electrons. The van der Waals surface area contributed by atoms with Crippen molar-refractivity contribution in [2.75, 3.05) is 7.11 Å². The van der Waals surface area contributed by atoms with Crippen LogP contribution >= 0.6 is 0 Å². The maximum absolute atomic E-state index is 12.6. The molecular formula is C20H16N4O6. The predicted octanol–water partition coefficient (Wildman–Crippen LogP) is 0.677. The first kappa shape index (κ1) is 18.9. The Kier molecular flexibility index (Phi) is 4.35. The number of nitrogens with two attached hydrogens (primary N) is 1. The van der Waals surface area contributed by atoms with E-state index in [0.717, 1.165) is 0 Å². The van der Waals surface area contributed by atoms with Gasteiger partial charge in [0.05, 0.1) is 13.7 Å². The number of benzene rings is 1. The number of carbonyl (C=O) groups is 3. The zero-order chi connectivity index (χ0) is 21.5. The lowest BCUT2D eigenvalue weighted by Crippen LogP contribution is -2.49. The molecule has 30 heavy (non-hydrogen) atoms. The van der Waals surface area contributed by atoms with Gasteiger partial charge in [-0.05, 0) is 36.3 Å². The topological polar surface area (TPSA) is 149 Å². The van der Waals surface area contributed by atoms with Crippen LogP contribution in [0.2, 0.25) is 0 Å². The summed E-state index contributed by atoms with van der Waals surface area (Å²) in [7, 11) is 1.51. The summed E-state index contributed by atoms with van der Waals surface area (Å²) in [5.74, 6) is 4.31. The fraction of sp³-hybridized carbons (Fsp3) is 0.150. The zero-order valence-corrected chi connectivity index (χ0v) is 15.7. The molecule has 0 saturated carbocycles. The fourth-order valence-corrected chi connectivity index (χ4v) is 3.16. The number of aromatic hydroxyl groups is 1. The molecule has 3 heterocycles. The van der Waals surface area contributed by atoms with Gasteiger partial charge in [0.1, 0.15) is 5.75 Å². The largest absolute Gasteiger partial charge is 0.497 e. The number of nitrogens with zero attached hydrogens (tertiary/aromatic N) is 1. The number of amides is 4. The number of imide groups is 1. The van der Waals surface area contributed by atoms with E-state index >= 15 is 0 Å². The van der Waals surface area contributed by atoms with E-state index in [4.69, 9.17) is 14.9 Å². The lowest BCUT2D eigenvalue weighted by molar-refractivity contribution is -0.122. The van der Waals surface area contributed by atoms with Crippen LogP contribution < -0.4 is 21.1 Å². The molecule has 1 saturated heterocycles. The number of ether oxygens (including phenoxy) is 1. The van der Waals surface area contributed by atoms with E-state index in [9.17, 15) is 19.5 Å². The molecule has 1 aliphatic rings. The summed E-state index contributed by atoms with van der Waals surface area (Å²) in [6, 6.07) is 7.20. The summed E-state index contributed by atoms with van der Waals surface area (Å²) >= 11 is 0. The number of methoxy groups -OCH3 is 1. The number of carbonyl (C=O) groups excluding carboxylic acids is 3. The third kappa shape index (κ3) is 3.18. The standard InChI is InChI=1S/C20H16N4O6/c1-29-13-3-2-11-9-24(17(26)14(11)8-13)10-20(18(27)22-19(28)23-20)7-6-12-4-5-15(30-12)16(21)25/h2-5,8-9,26H,10H2,1H3,(H2,21,25)(H2,22,23,27,28)/t20-/m1/s1. The third-order valence-corrected chi connectivity index (χ3v) is 4.67. The van der Waals surface area contributed by atoms with Gasteiger partial charge in [-0.3, -0.25) is 14.9 Å². The summed E-state index contributed by atoms with van der Waals surface area (Å²) in [4.78, 5) is 35.5. The molecule has 10 heteroatoms. The number of aromatic nitrogens is 1. The van der Waals surface area contributed by atoms with Gasteiger partial charge in [-0.15, -0.1) is 0 Å². The molecule has 10 nitrogen and oxygen atoms in total. The van der Waals surface area contributed by atoms with Crippen LogP contribution in [0.1, 0.15) is 16.3 Å². The van der Waals surface area contributed by atoms with Gasteiger partial charge in [-0.1, -0.05) is 5.92 Å². The van der Waals surface area contributed by atoms with Crippen molar-refractivity contribution in [3.8, 4) is 23.5 Å².